The third-order valence-corrected chi connectivity index (χ3v) is 5.48. The second-order valence-corrected chi connectivity index (χ2v) is 7.07. The lowest BCUT2D eigenvalue weighted by Crippen LogP contribution is -2.30. The first-order valence-corrected chi connectivity index (χ1v) is 8.93. The van der Waals surface area contributed by atoms with Gasteiger partial charge in [0.15, 0.2) is 0 Å². The first kappa shape index (κ1) is 20.3. The van der Waals surface area contributed by atoms with Crippen LogP contribution in [0.2, 0.25) is 0 Å². The zero-order valence-electron chi connectivity index (χ0n) is 15.3. The van der Waals surface area contributed by atoms with Gasteiger partial charge in [-0.05, 0) is 72.9 Å². The van der Waals surface area contributed by atoms with E-state index in [1.165, 1.54) is 29.5 Å². The molecular weight excluding hydrogens is 348 g/mol. The Balaban J connectivity index is 0.00000243. The number of benzene rings is 2. The van der Waals surface area contributed by atoms with Gasteiger partial charge in [-0.2, -0.15) is 0 Å². The molecule has 2 aromatic carbocycles. The number of halogens is 1. The number of nitrogens with one attached hydrogen (secondary N) is 1. The molecule has 5 heteroatoms. The SMILES string of the molecule is Cc1cccc(Cc2cc(C(=O)NN)c(O)c(C3CCCC3)c2)c1C.Cl. The molecule has 0 saturated heterocycles. The summed E-state index contributed by atoms with van der Waals surface area (Å²) in [6.45, 7) is 4.23. The van der Waals surface area contributed by atoms with E-state index in [4.69, 9.17) is 5.84 Å². The molecule has 1 aliphatic rings. The van der Waals surface area contributed by atoms with Crippen LogP contribution in [0.4, 0.5) is 0 Å². The van der Waals surface area contributed by atoms with Gasteiger partial charge in [0.1, 0.15) is 5.75 Å². The number of aromatic hydroxyl groups is 1. The van der Waals surface area contributed by atoms with Crippen LogP contribution in [-0.4, -0.2) is 11.0 Å². The van der Waals surface area contributed by atoms with Crippen molar-refractivity contribution in [3.05, 3.63) is 63.7 Å². The van der Waals surface area contributed by atoms with Crippen molar-refractivity contribution < 1.29 is 9.90 Å². The van der Waals surface area contributed by atoms with Crippen molar-refractivity contribution in [2.24, 2.45) is 5.84 Å². The molecule has 0 heterocycles. The largest absolute Gasteiger partial charge is 0.507 e. The molecule has 0 atom stereocenters. The van der Waals surface area contributed by atoms with E-state index in [2.05, 4.69) is 43.5 Å². The predicted octanol–water partition coefficient (Wildman–Crippen LogP) is 4.28. The molecule has 0 unspecified atom stereocenters. The molecule has 26 heavy (non-hydrogen) atoms. The molecular formula is C21H27ClN2O2. The lowest BCUT2D eigenvalue weighted by molar-refractivity contribution is 0.0950. The highest BCUT2D eigenvalue weighted by Gasteiger charge is 2.24. The van der Waals surface area contributed by atoms with Crippen LogP contribution >= 0.6 is 12.4 Å². The number of hydrogen-bond acceptors (Lipinski definition) is 3. The maximum atomic E-state index is 12.1. The van der Waals surface area contributed by atoms with Gasteiger partial charge in [0, 0.05) is 0 Å². The number of carbonyl (C=O) groups excluding carboxylic acids is 1. The van der Waals surface area contributed by atoms with E-state index in [9.17, 15) is 9.90 Å². The second kappa shape index (κ2) is 8.56. The smallest absolute Gasteiger partial charge is 0.268 e. The summed E-state index contributed by atoms with van der Waals surface area (Å²) < 4.78 is 0. The van der Waals surface area contributed by atoms with Gasteiger partial charge in [-0.15, -0.1) is 12.4 Å². The Bertz CT molecular complexity index is 799. The number of hydrazine groups is 1. The number of hydrogen-bond donors (Lipinski definition) is 3. The summed E-state index contributed by atoms with van der Waals surface area (Å²) in [6.07, 6.45) is 5.19. The molecule has 1 fully saturated rings. The van der Waals surface area contributed by atoms with Gasteiger partial charge in [-0.3, -0.25) is 10.2 Å². The second-order valence-electron chi connectivity index (χ2n) is 7.07. The van der Waals surface area contributed by atoms with Crippen LogP contribution in [-0.2, 0) is 6.42 Å². The molecule has 1 amide bonds. The minimum atomic E-state index is -0.445. The summed E-state index contributed by atoms with van der Waals surface area (Å²) in [5.74, 6) is 5.27. The van der Waals surface area contributed by atoms with E-state index in [0.717, 1.165) is 30.4 Å². The topological polar surface area (TPSA) is 75.4 Å². The molecule has 0 aliphatic heterocycles. The van der Waals surface area contributed by atoms with Crippen molar-refractivity contribution in [2.45, 2.75) is 51.9 Å². The molecule has 0 bridgehead atoms. The van der Waals surface area contributed by atoms with Gasteiger partial charge in [0.2, 0.25) is 0 Å². The number of phenolic OH excluding ortho intramolecular Hbond substituents is 1. The fraction of sp³-hybridized carbons (Fsp3) is 0.381. The first-order valence-electron chi connectivity index (χ1n) is 8.93. The molecule has 0 spiro atoms. The molecule has 0 aromatic heterocycles. The van der Waals surface area contributed by atoms with E-state index in [1.54, 1.807) is 6.07 Å². The van der Waals surface area contributed by atoms with E-state index in [0.29, 0.717) is 5.92 Å². The van der Waals surface area contributed by atoms with Gasteiger partial charge in [-0.1, -0.05) is 37.1 Å². The minimum Gasteiger partial charge on any atom is -0.507 e. The lowest BCUT2D eigenvalue weighted by atomic mass is 9.89. The normalized spacial score (nSPS) is 14.1. The molecule has 140 valence electrons. The van der Waals surface area contributed by atoms with Crippen LogP contribution in [0.5, 0.6) is 5.75 Å². The number of aryl methyl sites for hydroxylation is 1. The maximum Gasteiger partial charge on any atom is 0.268 e. The van der Waals surface area contributed by atoms with Crippen LogP contribution in [0.1, 0.15) is 69.8 Å². The van der Waals surface area contributed by atoms with E-state index in [-0.39, 0.29) is 23.7 Å². The summed E-state index contributed by atoms with van der Waals surface area (Å²) in [7, 11) is 0. The van der Waals surface area contributed by atoms with Crippen LogP contribution in [0.15, 0.2) is 30.3 Å². The van der Waals surface area contributed by atoms with Crippen molar-refractivity contribution in [1.82, 2.24) is 5.43 Å². The Morgan fingerprint density at radius 3 is 2.58 bits per heavy atom. The minimum absolute atomic E-state index is 0. The average molecular weight is 375 g/mol. The zero-order chi connectivity index (χ0) is 18.0. The number of rotatable bonds is 4. The first-order chi connectivity index (χ1) is 12.0. The Hall–Kier alpha value is -2.04. The number of nitrogens with two attached hydrogens (primary N) is 1. The molecule has 4 N–H and O–H groups in total. The molecule has 2 aromatic rings. The third kappa shape index (κ3) is 4.02. The summed E-state index contributed by atoms with van der Waals surface area (Å²) in [5, 5.41) is 10.6. The fourth-order valence-corrected chi connectivity index (χ4v) is 3.84. The van der Waals surface area contributed by atoms with E-state index >= 15 is 0 Å². The Morgan fingerprint density at radius 1 is 1.23 bits per heavy atom. The highest BCUT2D eigenvalue weighted by molar-refractivity contribution is 5.97. The maximum absolute atomic E-state index is 12.1. The molecule has 3 rings (SSSR count). The Kier molecular flexibility index (Phi) is 6.68. The highest BCUT2D eigenvalue weighted by atomic mass is 35.5. The Labute approximate surface area is 161 Å². The van der Waals surface area contributed by atoms with Crippen LogP contribution < -0.4 is 11.3 Å². The molecule has 0 radical (unpaired) electrons. The van der Waals surface area contributed by atoms with Gasteiger partial charge in [0.05, 0.1) is 5.56 Å². The monoisotopic (exact) mass is 374 g/mol. The number of amides is 1. The van der Waals surface area contributed by atoms with Crippen molar-refractivity contribution in [2.75, 3.05) is 0 Å². The van der Waals surface area contributed by atoms with Crippen LogP contribution in [0.3, 0.4) is 0 Å². The standard InChI is InChI=1S/C21H26N2O2.ClH/c1-13-6-5-9-17(14(13)2)10-15-11-18(16-7-3-4-8-16)20(24)19(12-15)21(25)23-22;/h5-6,9,11-12,16,24H,3-4,7-8,10,22H2,1-2H3,(H,23,25);1H. The summed E-state index contributed by atoms with van der Waals surface area (Å²) in [4.78, 5) is 12.1. The molecule has 1 saturated carbocycles. The van der Waals surface area contributed by atoms with Crippen LogP contribution in [0.25, 0.3) is 0 Å². The summed E-state index contributed by atoms with van der Waals surface area (Å²) in [6, 6.07) is 10.1. The fourth-order valence-electron chi connectivity index (χ4n) is 3.84. The summed E-state index contributed by atoms with van der Waals surface area (Å²) >= 11 is 0. The zero-order valence-corrected chi connectivity index (χ0v) is 16.2. The number of phenols is 1. The van der Waals surface area contributed by atoms with E-state index < -0.39 is 5.91 Å². The van der Waals surface area contributed by atoms with Crippen molar-refractivity contribution >= 4 is 18.3 Å². The van der Waals surface area contributed by atoms with E-state index in [1.807, 2.05) is 0 Å². The quantitative estimate of drug-likeness (QED) is 0.424. The van der Waals surface area contributed by atoms with Gasteiger partial charge < -0.3 is 5.11 Å². The van der Waals surface area contributed by atoms with Crippen molar-refractivity contribution in [1.29, 1.82) is 0 Å². The average Bonchev–Trinajstić information content (AvgIpc) is 3.14. The predicted molar refractivity (Wildman–Crippen MR) is 107 cm³/mol. The van der Waals surface area contributed by atoms with Gasteiger partial charge in [0.25, 0.3) is 5.91 Å². The number of carbonyl (C=O) groups is 1. The highest BCUT2D eigenvalue weighted by Crippen LogP contribution is 2.40. The van der Waals surface area contributed by atoms with Crippen LogP contribution in [0, 0.1) is 13.8 Å². The molecule has 4 nitrogen and oxygen atoms in total. The van der Waals surface area contributed by atoms with Gasteiger partial charge >= 0.3 is 0 Å². The van der Waals surface area contributed by atoms with Crippen molar-refractivity contribution in [3.8, 4) is 5.75 Å². The van der Waals surface area contributed by atoms with Gasteiger partial charge in [-0.25, -0.2) is 5.84 Å². The van der Waals surface area contributed by atoms with Crippen molar-refractivity contribution in [3.63, 3.8) is 0 Å². The molecule has 1 aliphatic carbocycles. The lowest BCUT2D eigenvalue weighted by Gasteiger charge is -2.17. The summed E-state index contributed by atoms with van der Waals surface area (Å²) in [5.41, 5.74) is 8.11. The Morgan fingerprint density at radius 2 is 1.92 bits per heavy atom. The number of nitrogen functional groups attached to an aromatic ring is 1. The third-order valence-electron chi connectivity index (χ3n) is 5.48.